The zero-order chi connectivity index (χ0) is 12.4. The summed E-state index contributed by atoms with van der Waals surface area (Å²) < 4.78 is 0. The Bertz CT molecular complexity index is 468. The van der Waals surface area contributed by atoms with Crippen molar-refractivity contribution in [2.24, 2.45) is 10.9 Å². The van der Waals surface area contributed by atoms with E-state index < -0.39 is 0 Å². The number of hydrogen-bond donors (Lipinski definition) is 0. The van der Waals surface area contributed by atoms with E-state index in [0.717, 1.165) is 11.4 Å². The fraction of sp³-hybridized carbons (Fsp3) is 0.385. The molecule has 4 heteroatoms. The standard InChI is InChI=1S/C13H15ClN2O/c1-9(2)13(17)16-7-6-15-12(16)10-4-3-5-11(14)8-10/h3-5,8-9H,6-7H2,1-2H3. The number of amides is 1. The predicted octanol–water partition coefficient (Wildman–Crippen LogP) is 2.58. The lowest BCUT2D eigenvalue weighted by Gasteiger charge is -2.20. The largest absolute Gasteiger partial charge is 0.295 e. The van der Waals surface area contributed by atoms with Gasteiger partial charge in [-0.25, -0.2) is 0 Å². The van der Waals surface area contributed by atoms with Crippen molar-refractivity contribution in [3.63, 3.8) is 0 Å². The molecule has 0 fully saturated rings. The van der Waals surface area contributed by atoms with E-state index in [-0.39, 0.29) is 11.8 Å². The van der Waals surface area contributed by atoms with E-state index in [4.69, 9.17) is 11.6 Å². The van der Waals surface area contributed by atoms with Crippen LogP contribution in [0.4, 0.5) is 0 Å². The first-order chi connectivity index (χ1) is 8.09. The Labute approximate surface area is 106 Å². The van der Waals surface area contributed by atoms with Crippen molar-refractivity contribution >= 4 is 23.3 Å². The van der Waals surface area contributed by atoms with E-state index in [1.165, 1.54) is 0 Å². The number of nitrogens with zero attached hydrogens (tertiary/aromatic N) is 2. The van der Waals surface area contributed by atoms with Gasteiger partial charge in [-0.3, -0.25) is 14.7 Å². The minimum absolute atomic E-state index is 0.0162. The second-order valence-corrected chi connectivity index (χ2v) is 4.80. The van der Waals surface area contributed by atoms with Gasteiger partial charge in [-0.05, 0) is 12.1 Å². The van der Waals surface area contributed by atoms with Crippen LogP contribution in [0.3, 0.4) is 0 Å². The number of hydrogen-bond acceptors (Lipinski definition) is 2. The summed E-state index contributed by atoms with van der Waals surface area (Å²) in [5.74, 6) is 0.838. The molecule has 0 radical (unpaired) electrons. The summed E-state index contributed by atoms with van der Waals surface area (Å²) in [6, 6.07) is 7.45. The molecular weight excluding hydrogens is 236 g/mol. The summed E-state index contributed by atoms with van der Waals surface area (Å²) in [4.78, 5) is 18.2. The summed E-state index contributed by atoms with van der Waals surface area (Å²) in [5, 5.41) is 0.661. The van der Waals surface area contributed by atoms with Gasteiger partial charge in [0.15, 0.2) is 0 Å². The maximum absolute atomic E-state index is 12.0. The zero-order valence-electron chi connectivity index (χ0n) is 9.98. The average molecular weight is 251 g/mol. The number of carbonyl (C=O) groups excluding carboxylic acids is 1. The van der Waals surface area contributed by atoms with Crippen LogP contribution in [0, 0.1) is 5.92 Å². The highest BCUT2D eigenvalue weighted by molar-refractivity contribution is 6.31. The molecule has 0 spiro atoms. The highest BCUT2D eigenvalue weighted by atomic mass is 35.5. The van der Waals surface area contributed by atoms with Crippen molar-refractivity contribution in [3.8, 4) is 0 Å². The monoisotopic (exact) mass is 250 g/mol. The van der Waals surface area contributed by atoms with Crippen molar-refractivity contribution in [2.45, 2.75) is 13.8 Å². The average Bonchev–Trinajstić information content (AvgIpc) is 2.76. The first-order valence-electron chi connectivity index (χ1n) is 5.71. The second-order valence-electron chi connectivity index (χ2n) is 4.36. The van der Waals surface area contributed by atoms with E-state index in [0.29, 0.717) is 18.1 Å². The molecule has 17 heavy (non-hydrogen) atoms. The third kappa shape index (κ3) is 2.50. The van der Waals surface area contributed by atoms with E-state index in [1.54, 1.807) is 4.90 Å². The first kappa shape index (κ1) is 12.1. The molecule has 0 unspecified atom stereocenters. The fourth-order valence-electron chi connectivity index (χ4n) is 1.85. The molecule has 0 saturated carbocycles. The molecule has 0 N–H and O–H groups in total. The van der Waals surface area contributed by atoms with Crippen molar-refractivity contribution in [1.29, 1.82) is 0 Å². The van der Waals surface area contributed by atoms with Gasteiger partial charge in [0, 0.05) is 23.0 Å². The topological polar surface area (TPSA) is 32.7 Å². The molecule has 3 nitrogen and oxygen atoms in total. The molecule has 0 aromatic heterocycles. The van der Waals surface area contributed by atoms with Crippen molar-refractivity contribution < 1.29 is 4.79 Å². The molecule has 1 aliphatic rings. The molecule has 0 atom stereocenters. The molecule has 1 aliphatic heterocycles. The fourth-order valence-corrected chi connectivity index (χ4v) is 2.04. The second kappa shape index (κ2) is 4.88. The Morgan fingerprint density at radius 3 is 2.88 bits per heavy atom. The molecule has 2 rings (SSSR count). The molecule has 0 saturated heterocycles. The number of halogens is 1. The van der Waals surface area contributed by atoms with Crippen molar-refractivity contribution in [2.75, 3.05) is 13.1 Å². The third-order valence-electron chi connectivity index (χ3n) is 2.68. The Hall–Kier alpha value is -1.35. The van der Waals surface area contributed by atoms with Crippen LogP contribution in [-0.4, -0.2) is 29.7 Å². The van der Waals surface area contributed by atoms with Gasteiger partial charge in [0.25, 0.3) is 0 Å². The lowest BCUT2D eigenvalue weighted by Crippen LogP contribution is -2.37. The van der Waals surface area contributed by atoms with Gasteiger partial charge in [0.05, 0.1) is 6.54 Å². The zero-order valence-corrected chi connectivity index (χ0v) is 10.7. The summed E-state index contributed by atoms with van der Waals surface area (Å²) >= 11 is 5.95. The van der Waals surface area contributed by atoms with Gasteiger partial charge in [-0.2, -0.15) is 0 Å². The minimum atomic E-state index is -0.0162. The Morgan fingerprint density at radius 2 is 2.24 bits per heavy atom. The minimum Gasteiger partial charge on any atom is -0.295 e. The first-order valence-corrected chi connectivity index (χ1v) is 6.09. The van der Waals surface area contributed by atoms with E-state index in [2.05, 4.69) is 4.99 Å². The number of amidine groups is 1. The van der Waals surface area contributed by atoms with Crippen molar-refractivity contribution in [3.05, 3.63) is 34.9 Å². The molecular formula is C13H15ClN2O. The van der Waals surface area contributed by atoms with Crippen LogP contribution < -0.4 is 0 Å². The predicted molar refractivity (Wildman–Crippen MR) is 69.4 cm³/mol. The van der Waals surface area contributed by atoms with Crippen molar-refractivity contribution in [1.82, 2.24) is 4.90 Å². The SMILES string of the molecule is CC(C)C(=O)N1CCN=C1c1cccc(Cl)c1. The number of carbonyl (C=O) groups is 1. The van der Waals surface area contributed by atoms with E-state index in [9.17, 15) is 4.79 Å². The van der Waals surface area contributed by atoms with E-state index >= 15 is 0 Å². The van der Waals surface area contributed by atoms with Crippen LogP contribution in [0.2, 0.25) is 5.02 Å². The normalized spacial score (nSPS) is 15.3. The summed E-state index contributed by atoms with van der Waals surface area (Å²) in [5.41, 5.74) is 0.906. The lowest BCUT2D eigenvalue weighted by molar-refractivity contribution is -0.130. The molecule has 0 aliphatic carbocycles. The summed E-state index contributed by atoms with van der Waals surface area (Å²) in [7, 11) is 0. The van der Waals surface area contributed by atoms with Gasteiger partial charge in [0.1, 0.15) is 5.84 Å². The smallest absolute Gasteiger partial charge is 0.230 e. The Kier molecular flexibility index (Phi) is 3.48. The third-order valence-corrected chi connectivity index (χ3v) is 2.92. The Morgan fingerprint density at radius 1 is 1.47 bits per heavy atom. The molecule has 1 amide bonds. The van der Waals surface area contributed by atoms with Gasteiger partial charge in [0.2, 0.25) is 5.91 Å². The van der Waals surface area contributed by atoms with Crippen LogP contribution >= 0.6 is 11.6 Å². The number of aliphatic imine (C=N–C) groups is 1. The highest BCUT2D eigenvalue weighted by Gasteiger charge is 2.26. The number of benzene rings is 1. The quantitative estimate of drug-likeness (QED) is 0.794. The van der Waals surface area contributed by atoms with Gasteiger partial charge in [-0.15, -0.1) is 0 Å². The molecule has 1 aromatic rings. The van der Waals surface area contributed by atoms with Crippen LogP contribution in [-0.2, 0) is 4.79 Å². The van der Waals surface area contributed by atoms with Crippen LogP contribution in [0.15, 0.2) is 29.3 Å². The van der Waals surface area contributed by atoms with Crippen LogP contribution in [0.5, 0.6) is 0 Å². The van der Waals surface area contributed by atoms with Gasteiger partial charge in [-0.1, -0.05) is 37.6 Å². The van der Waals surface area contributed by atoms with E-state index in [1.807, 2.05) is 38.1 Å². The Balaban J connectivity index is 2.29. The molecule has 1 heterocycles. The molecule has 90 valence electrons. The molecule has 0 bridgehead atoms. The lowest BCUT2D eigenvalue weighted by atomic mass is 10.1. The maximum Gasteiger partial charge on any atom is 0.230 e. The summed E-state index contributed by atoms with van der Waals surface area (Å²) in [6.45, 7) is 5.13. The van der Waals surface area contributed by atoms with Crippen LogP contribution in [0.25, 0.3) is 0 Å². The highest BCUT2D eigenvalue weighted by Crippen LogP contribution is 2.17. The maximum atomic E-state index is 12.0. The van der Waals surface area contributed by atoms with Gasteiger partial charge < -0.3 is 0 Å². The molecule has 1 aromatic carbocycles. The number of rotatable bonds is 2. The van der Waals surface area contributed by atoms with Gasteiger partial charge >= 0.3 is 0 Å². The summed E-state index contributed by atoms with van der Waals surface area (Å²) in [6.07, 6.45) is 0. The van der Waals surface area contributed by atoms with Crippen LogP contribution in [0.1, 0.15) is 19.4 Å².